The van der Waals surface area contributed by atoms with Crippen LogP contribution in [0.1, 0.15) is 12.0 Å². The van der Waals surface area contributed by atoms with Gasteiger partial charge in [0, 0.05) is 25.2 Å². The molecule has 2 N–H and O–H groups in total. The Labute approximate surface area is 111 Å². The maximum atomic E-state index is 11.7. The van der Waals surface area contributed by atoms with Crippen molar-refractivity contribution in [1.82, 2.24) is 10.2 Å². The zero-order valence-corrected chi connectivity index (χ0v) is 10.8. The highest BCUT2D eigenvalue weighted by Crippen LogP contribution is 2.23. The molecule has 1 heterocycles. The molecule has 1 atom stereocenters. The molecule has 2 amide bonds. The average molecular weight is 264 g/mol. The number of phenols is 1. The number of phenolic OH excluding ortho intramolecular Hbond substituents is 1. The largest absolute Gasteiger partial charge is 0.507 e. The number of ether oxygens (including phenoxy) is 1. The van der Waals surface area contributed by atoms with Gasteiger partial charge in [0.25, 0.3) is 0 Å². The number of methoxy groups -OCH3 is 1. The van der Waals surface area contributed by atoms with Crippen LogP contribution in [0.2, 0.25) is 0 Å². The minimum Gasteiger partial charge on any atom is -0.507 e. The lowest BCUT2D eigenvalue weighted by Gasteiger charge is -2.12. The van der Waals surface area contributed by atoms with Crippen LogP contribution in [0.15, 0.2) is 18.2 Å². The molecule has 0 aromatic heterocycles. The third-order valence-electron chi connectivity index (χ3n) is 3.21. The Hall–Kier alpha value is -2.08. The summed E-state index contributed by atoms with van der Waals surface area (Å²) < 4.78 is 4.99. The smallest absolute Gasteiger partial charge is 0.246 e. The second-order valence-electron chi connectivity index (χ2n) is 4.42. The van der Waals surface area contributed by atoms with E-state index in [0.29, 0.717) is 17.9 Å². The number of hydrogen-bond donors (Lipinski definition) is 2. The zero-order chi connectivity index (χ0) is 14.0. The molecule has 102 valence electrons. The summed E-state index contributed by atoms with van der Waals surface area (Å²) in [7, 11) is 2.99. The van der Waals surface area contributed by atoms with E-state index in [9.17, 15) is 14.7 Å². The molecule has 0 aliphatic carbocycles. The molecule has 1 saturated heterocycles. The van der Waals surface area contributed by atoms with Gasteiger partial charge in [0.2, 0.25) is 11.8 Å². The van der Waals surface area contributed by atoms with Gasteiger partial charge in [-0.15, -0.1) is 0 Å². The van der Waals surface area contributed by atoms with E-state index in [2.05, 4.69) is 5.32 Å². The summed E-state index contributed by atoms with van der Waals surface area (Å²) in [4.78, 5) is 24.2. The molecule has 0 saturated carbocycles. The van der Waals surface area contributed by atoms with Crippen LogP contribution in [0.5, 0.6) is 11.5 Å². The first-order valence-corrected chi connectivity index (χ1v) is 5.92. The predicted molar refractivity (Wildman–Crippen MR) is 67.7 cm³/mol. The first kappa shape index (κ1) is 13.4. The van der Waals surface area contributed by atoms with E-state index < -0.39 is 6.04 Å². The van der Waals surface area contributed by atoms with Gasteiger partial charge in [0.05, 0.1) is 19.6 Å². The van der Waals surface area contributed by atoms with E-state index in [0.717, 1.165) is 4.90 Å². The van der Waals surface area contributed by atoms with Crippen molar-refractivity contribution in [1.29, 1.82) is 0 Å². The number of aromatic hydroxyl groups is 1. The number of nitrogens with one attached hydrogen (secondary N) is 1. The van der Waals surface area contributed by atoms with Crippen molar-refractivity contribution in [2.45, 2.75) is 19.0 Å². The van der Waals surface area contributed by atoms with Gasteiger partial charge in [-0.3, -0.25) is 14.5 Å². The minimum atomic E-state index is -0.515. The van der Waals surface area contributed by atoms with Crippen molar-refractivity contribution in [2.24, 2.45) is 0 Å². The zero-order valence-electron chi connectivity index (χ0n) is 10.8. The summed E-state index contributed by atoms with van der Waals surface area (Å²) in [6.07, 6.45) is 0.159. The number of benzene rings is 1. The Kier molecular flexibility index (Phi) is 3.71. The lowest BCUT2D eigenvalue weighted by atomic mass is 10.1. The molecule has 19 heavy (non-hydrogen) atoms. The molecule has 0 bridgehead atoms. The Balaban J connectivity index is 2.00. The van der Waals surface area contributed by atoms with Crippen LogP contribution >= 0.6 is 0 Å². The number of amides is 2. The van der Waals surface area contributed by atoms with Gasteiger partial charge in [-0.05, 0) is 6.07 Å². The highest BCUT2D eigenvalue weighted by molar-refractivity contribution is 6.05. The third-order valence-corrected chi connectivity index (χ3v) is 3.21. The van der Waals surface area contributed by atoms with E-state index in [1.807, 2.05) is 0 Å². The van der Waals surface area contributed by atoms with E-state index in [4.69, 9.17) is 4.74 Å². The van der Waals surface area contributed by atoms with Gasteiger partial charge in [-0.25, -0.2) is 0 Å². The molecule has 6 nitrogen and oxygen atoms in total. The minimum absolute atomic E-state index is 0.0944. The van der Waals surface area contributed by atoms with Gasteiger partial charge >= 0.3 is 0 Å². The fourth-order valence-corrected chi connectivity index (χ4v) is 1.97. The molecule has 0 radical (unpaired) electrons. The van der Waals surface area contributed by atoms with E-state index in [-0.39, 0.29) is 24.0 Å². The Morgan fingerprint density at radius 1 is 1.47 bits per heavy atom. The Bertz CT molecular complexity index is 515. The summed E-state index contributed by atoms with van der Waals surface area (Å²) in [5.74, 6) is 0.226. The maximum Gasteiger partial charge on any atom is 0.246 e. The third kappa shape index (κ3) is 2.68. The molecule has 1 aromatic carbocycles. The molecule has 6 heteroatoms. The highest BCUT2D eigenvalue weighted by atomic mass is 16.5. The number of nitrogens with zero attached hydrogens (tertiary/aromatic N) is 1. The van der Waals surface area contributed by atoms with Crippen LogP contribution in [0.25, 0.3) is 0 Å². The number of imide groups is 1. The van der Waals surface area contributed by atoms with Crippen molar-refractivity contribution in [3.05, 3.63) is 23.8 Å². The van der Waals surface area contributed by atoms with Crippen molar-refractivity contribution in [2.75, 3.05) is 14.2 Å². The predicted octanol–water partition coefficient (Wildman–Crippen LogP) is 0.248. The molecule has 1 fully saturated rings. The molecule has 0 spiro atoms. The van der Waals surface area contributed by atoms with Crippen LogP contribution in [-0.4, -0.2) is 42.0 Å². The van der Waals surface area contributed by atoms with Crippen LogP contribution in [0, 0.1) is 0 Å². The SMILES string of the molecule is COc1ccc(CNC2CC(=O)N(C)C2=O)c(O)c1. The van der Waals surface area contributed by atoms with Crippen LogP contribution in [0.3, 0.4) is 0 Å². The van der Waals surface area contributed by atoms with Crippen molar-refractivity contribution < 1.29 is 19.4 Å². The summed E-state index contributed by atoms with van der Waals surface area (Å²) in [5, 5.41) is 12.8. The van der Waals surface area contributed by atoms with Crippen LogP contribution in [0.4, 0.5) is 0 Å². The van der Waals surface area contributed by atoms with E-state index in [1.54, 1.807) is 12.1 Å². The first-order valence-electron chi connectivity index (χ1n) is 5.92. The van der Waals surface area contributed by atoms with Gasteiger partial charge in [0.1, 0.15) is 11.5 Å². The molecular formula is C13H16N2O4. The van der Waals surface area contributed by atoms with Crippen LogP contribution in [-0.2, 0) is 16.1 Å². The van der Waals surface area contributed by atoms with Crippen LogP contribution < -0.4 is 10.1 Å². The summed E-state index contributed by atoms with van der Waals surface area (Å²) >= 11 is 0. The number of likely N-dealkylation sites (N-methyl/N-ethyl adjacent to an activating group) is 1. The molecular weight excluding hydrogens is 248 g/mol. The van der Waals surface area contributed by atoms with Gasteiger partial charge in [-0.1, -0.05) is 6.07 Å². The maximum absolute atomic E-state index is 11.7. The lowest BCUT2D eigenvalue weighted by molar-refractivity contribution is -0.137. The summed E-state index contributed by atoms with van der Waals surface area (Å²) in [6, 6.07) is 4.43. The fraction of sp³-hybridized carbons (Fsp3) is 0.385. The first-order chi connectivity index (χ1) is 9.02. The molecule has 1 aliphatic heterocycles. The number of rotatable bonds is 4. The van der Waals surface area contributed by atoms with Crippen molar-refractivity contribution >= 4 is 11.8 Å². The summed E-state index contributed by atoms with van der Waals surface area (Å²) in [5.41, 5.74) is 0.649. The second-order valence-corrected chi connectivity index (χ2v) is 4.42. The van der Waals surface area contributed by atoms with Gasteiger partial charge in [0.15, 0.2) is 0 Å². The van der Waals surface area contributed by atoms with Crippen molar-refractivity contribution in [3.8, 4) is 11.5 Å². The molecule has 2 rings (SSSR count). The number of hydrogen-bond acceptors (Lipinski definition) is 5. The Morgan fingerprint density at radius 3 is 2.74 bits per heavy atom. The highest BCUT2D eigenvalue weighted by Gasteiger charge is 2.35. The molecule has 1 unspecified atom stereocenters. The fourth-order valence-electron chi connectivity index (χ4n) is 1.97. The van der Waals surface area contributed by atoms with Gasteiger partial charge in [-0.2, -0.15) is 0 Å². The Morgan fingerprint density at radius 2 is 2.21 bits per heavy atom. The van der Waals surface area contributed by atoms with E-state index in [1.165, 1.54) is 20.2 Å². The van der Waals surface area contributed by atoms with Gasteiger partial charge < -0.3 is 15.2 Å². The number of likely N-dealkylation sites (tertiary alicyclic amines) is 1. The standard InChI is InChI=1S/C13H16N2O4/c1-15-12(17)6-10(13(15)18)14-7-8-3-4-9(19-2)5-11(8)16/h3-5,10,14,16H,6-7H2,1-2H3. The van der Waals surface area contributed by atoms with Crippen molar-refractivity contribution in [3.63, 3.8) is 0 Å². The monoisotopic (exact) mass is 264 g/mol. The lowest BCUT2D eigenvalue weighted by Crippen LogP contribution is -2.36. The summed E-state index contributed by atoms with van der Waals surface area (Å²) in [6.45, 7) is 0.313. The average Bonchev–Trinajstić information content (AvgIpc) is 2.65. The molecule has 1 aromatic rings. The van der Waals surface area contributed by atoms with E-state index >= 15 is 0 Å². The quantitative estimate of drug-likeness (QED) is 0.762. The second kappa shape index (κ2) is 5.27. The topological polar surface area (TPSA) is 78.9 Å². The molecule has 1 aliphatic rings. The number of carbonyl (C=O) groups is 2. The number of carbonyl (C=O) groups excluding carboxylic acids is 2. The normalized spacial score (nSPS) is 19.1.